The number of aromatic nitrogens is 1. The Morgan fingerprint density at radius 3 is 2.62 bits per heavy atom. The van der Waals surface area contributed by atoms with Crippen LogP contribution in [0.1, 0.15) is 27.3 Å². The minimum absolute atomic E-state index is 0. The molecule has 0 aromatic carbocycles. The molecule has 0 aliphatic carbocycles. The predicted molar refractivity (Wildman–Crippen MR) is 92.4 cm³/mol. The molecular formula is C18H27N3. The molecule has 0 saturated carbocycles. The summed E-state index contributed by atoms with van der Waals surface area (Å²) >= 11 is 0. The highest BCUT2D eigenvalue weighted by Crippen LogP contribution is 2.16. The van der Waals surface area contributed by atoms with Crippen LogP contribution < -0.4 is 5.32 Å². The number of nitrogens with one attached hydrogen (secondary N) is 1. The van der Waals surface area contributed by atoms with Gasteiger partial charge >= 0.3 is 0 Å². The van der Waals surface area contributed by atoms with Gasteiger partial charge in [0, 0.05) is 27.3 Å². The second-order valence-corrected chi connectivity index (χ2v) is 5.06. The molecule has 0 radical (unpaired) electrons. The van der Waals surface area contributed by atoms with Crippen molar-refractivity contribution in [3.8, 4) is 0 Å². The summed E-state index contributed by atoms with van der Waals surface area (Å²) in [5.41, 5.74) is 9.44. The highest BCUT2D eigenvalue weighted by Gasteiger charge is 2.14. The van der Waals surface area contributed by atoms with Crippen molar-refractivity contribution in [3.63, 3.8) is 0 Å². The molecule has 1 saturated heterocycles. The first-order valence-electron chi connectivity index (χ1n) is 6.90. The van der Waals surface area contributed by atoms with Crippen LogP contribution in [0.25, 0.3) is 0 Å². The van der Waals surface area contributed by atoms with Crippen LogP contribution in [0, 0.1) is 6.92 Å². The van der Waals surface area contributed by atoms with Crippen LogP contribution in [0.4, 0.5) is 5.82 Å². The summed E-state index contributed by atoms with van der Waals surface area (Å²) in [5.74, 6) is 0.838. The summed E-state index contributed by atoms with van der Waals surface area (Å²) in [7, 11) is 0. The van der Waals surface area contributed by atoms with Gasteiger partial charge < -0.3 is 5.32 Å². The van der Waals surface area contributed by atoms with E-state index in [1.54, 1.807) is 0 Å². The number of hydrogen-bond acceptors (Lipinski definition) is 3. The first-order valence-corrected chi connectivity index (χ1v) is 6.90. The van der Waals surface area contributed by atoms with E-state index in [0.29, 0.717) is 0 Å². The Morgan fingerprint density at radius 1 is 1.38 bits per heavy atom. The van der Waals surface area contributed by atoms with E-state index >= 15 is 0 Å². The number of piperidine rings is 1. The van der Waals surface area contributed by atoms with Crippen LogP contribution in [-0.2, 0) is 0 Å². The monoisotopic (exact) mass is 285 g/mol. The topological polar surface area (TPSA) is 28.2 Å². The summed E-state index contributed by atoms with van der Waals surface area (Å²) in [6.45, 7) is 12.4. The molecule has 0 unspecified atom stereocenters. The van der Waals surface area contributed by atoms with Gasteiger partial charge in [0.05, 0.1) is 5.70 Å². The SMILES string of the molecule is C.C=C=C1CCN(CC(=C=C)Nc2ccc(C)cn2)CC1.[HH]. The maximum atomic E-state index is 4.34. The molecule has 1 aromatic heterocycles. The number of likely N-dealkylation sites (tertiary alicyclic amines) is 1. The average molecular weight is 285 g/mol. The molecule has 0 bridgehead atoms. The molecule has 114 valence electrons. The number of rotatable bonds is 4. The van der Waals surface area contributed by atoms with Gasteiger partial charge in [0.1, 0.15) is 5.82 Å². The van der Waals surface area contributed by atoms with Gasteiger partial charge in [0.15, 0.2) is 0 Å². The van der Waals surface area contributed by atoms with Crippen molar-refractivity contribution in [2.75, 3.05) is 25.0 Å². The molecule has 1 fully saturated rings. The Labute approximate surface area is 129 Å². The zero-order chi connectivity index (χ0) is 14.4. The van der Waals surface area contributed by atoms with E-state index in [9.17, 15) is 0 Å². The summed E-state index contributed by atoms with van der Waals surface area (Å²) in [6.07, 6.45) is 3.96. The maximum absolute atomic E-state index is 4.34. The van der Waals surface area contributed by atoms with Gasteiger partial charge in [-0.05, 0) is 37.0 Å². The lowest BCUT2D eigenvalue weighted by atomic mass is 10.1. The van der Waals surface area contributed by atoms with E-state index in [1.165, 1.54) is 5.57 Å². The Morgan fingerprint density at radius 2 is 2.10 bits per heavy atom. The van der Waals surface area contributed by atoms with Crippen LogP contribution in [0.15, 0.2) is 54.2 Å². The third-order valence-electron chi connectivity index (χ3n) is 3.50. The predicted octanol–water partition coefficient (Wildman–Crippen LogP) is 4.16. The molecule has 0 amide bonds. The normalized spacial score (nSPS) is 14.6. The molecular weight excluding hydrogens is 258 g/mol. The molecule has 1 aromatic rings. The van der Waals surface area contributed by atoms with E-state index in [0.717, 1.165) is 49.6 Å². The van der Waals surface area contributed by atoms with Crippen molar-refractivity contribution < 1.29 is 1.43 Å². The van der Waals surface area contributed by atoms with Gasteiger partial charge in [-0.25, -0.2) is 4.98 Å². The third kappa shape index (κ3) is 5.09. The molecule has 0 spiro atoms. The summed E-state index contributed by atoms with van der Waals surface area (Å²) in [4.78, 5) is 6.73. The summed E-state index contributed by atoms with van der Waals surface area (Å²) in [5, 5.41) is 3.28. The molecule has 3 heteroatoms. The quantitative estimate of drug-likeness (QED) is 0.842. The van der Waals surface area contributed by atoms with Gasteiger partial charge in [-0.2, -0.15) is 0 Å². The summed E-state index contributed by atoms with van der Waals surface area (Å²) in [6, 6.07) is 4.01. The van der Waals surface area contributed by atoms with Gasteiger partial charge in [0.2, 0.25) is 0 Å². The molecule has 1 aliphatic rings. The molecule has 21 heavy (non-hydrogen) atoms. The fourth-order valence-corrected chi connectivity index (χ4v) is 2.22. The largest absolute Gasteiger partial charge is 0.336 e. The smallest absolute Gasteiger partial charge is 0.130 e. The minimum Gasteiger partial charge on any atom is -0.336 e. The first-order chi connectivity index (χ1) is 9.71. The Balaban J connectivity index is 0.00000220. The lowest BCUT2D eigenvalue weighted by Crippen LogP contribution is -2.33. The van der Waals surface area contributed by atoms with Gasteiger partial charge in [-0.3, -0.25) is 4.90 Å². The fourth-order valence-electron chi connectivity index (χ4n) is 2.22. The van der Waals surface area contributed by atoms with Crippen molar-refractivity contribution >= 4 is 5.82 Å². The van der Waals surface area contributed by atoms with Crippen molar-refractivity contribution in [1.82, 2.24) is 9.88 Å². The first kappa shape index (κ1) is 17.0. The number of pyridine rings is 1. The van der Waals surface area contributed by atoms with E-state index in [4.69, 9.17) is 0 Å². The summed E-state index contributed by atoms with van der Waals surface area (Å²) < 4.78 is 0. The Kier molecular flexibility index (Phi) is 6.71. The number of nitrogens with zero attached hydrogens (tertiary/aromatic N) is 2. The highest BCUT2D eigenvalue weighted by atomic mass is 15.2. The van der Waals surface area contributed by atoms with Crippen molar-refractivity contribution in [1.29, 1.82) is 0 Å². The number of aryl methyl sites for hydroxylation is 1. The second-order valence-electron chi connectivity index (χ2n) is 5.06. The van der Waals surface area contributed by atoms with Gasteiger partial charge in [-0.15, -0.1) is 11.5 Å². The van der Waals surface area contributed by atoms with Gasteiger partial charge in [0.25, 0.3) is 0 Å². The van der Waals surface area contributed by atoms with Crippen LogP contribution in [0.2, 0.25) is 0 Å². The Bertz CT molecular complexity index is 554. The zero-order valence-corrected chi connectivity index (χ0v) is 12.1. The van der Waals surface area contributed by atoms with Crippen LogP contribution in [-0.4, -0.2) is 29.5 Å². The molecule has 2 rings (SSSR count). The lowest BCUT2D eigenvalue weighted by Gasteiger charge is -2.28. The van der Waals surface area contributed by atoms with Crippen molar-refractivity contribution in [2.24, 2.45) is 0 Å². The molecule has 2 heterocycles. The second kappa shape index (κ2) is 8.28. The van der Waals surface area contributed by atoms with Crippen LogP contribution in [0.3, 0.4) is 0 Å². The molecule has 0 atom stereocenters. The van der Waals surface area contributed by atoms with E-state index in [-0.39, 0.29) is 8.85 Å². The average Bonchev–Trinajstić information content (AvgIpc) is 2.49. The molecule has 1 N–H and O–H groups in total. The van der Waals surface area contributed by atoms with E-state index < -0.39 is 0 Å². The van der Waals surface area contributed by atoms with Crippen molar-refractivity contribution in [2.45, 2.75) is 27.2 Å². The number of anilines is 1. The lowest BCUT2D eigenvalue weighted by molar-refractivity contribution is 0.278. The Hall–Kier alpha value is -2.05. The third-order valence-corrected chi connectivity index (χ3v) is 3.50. The zero-order valence-electron chi connectivity index (χ0n) is 12.1. The van der Waals surface area contributed by atoms with E-state index in [2.05, 4.69) is 39.8 Å². The minimum atomic E-state index is 0. The van der Waals surface area contributed by atoms with Crippen LogP contribution >= 0.6 is 0 Å². The molecule has 3 nitrogen and oxygen atoms in total. The highest BCUT2D eigenvalue weighted by molar-refractivity contribution is 5.41. The van der Waals surface area contributed by atoms with Crippen LogP contribution in [0.5, 0.6) is 0 Å². The maximum Gasteiger partial charge on any atom is 0.130 e. The van der Waals surface area contributed by atoms with Crippen molar-refractivity contribution in [3.05, 3.63) is 59.8 Å². The van der Waals surface area contributed by atoms with Gasteiger partial charge in [-0.1, -0.05) is 26.7 Å². The standard InChI is InChI=1S/C17H21N3.CH4.H2/c1-4-15-8-10-20(11-9-15)13-16(5-2)19-17-7-6-14(3)12-18-17;;/h6-7,12H,1-2,8-11,13H2,3H3,(H,18,19);1H4;1H. The molecule has 1 aliphatic heterocycles. The fraction of sp³-hybridized carbons (Fsp3) is 0.389. The number of hydrogen-bond donors (Lipinski definition) is 1. The van der Waals surface area contributed by atoms with E-state index in [1.807, 2.05) is 25.3 Å².